The summed E-state index contributed by atoms with van der Waals surface area (Å²) in [5, 5.41) is 3.77. The molecule has 1 saturated heterocycles. The van der Waals surface area contributed by atoms with Crippen LogP contribution in [0.1, 0.15) is 22.7 Å². The van der Waals surface area contributed by atoms with Crippen molar-refractivity contribution in [3.05, 3.63) is 71.4 Å². The largest absolute Gasteiger partial charge is 0.361 e. The van der Waals surface area contributed by atoms with Gasteiger partial charge in [0.15, 0.2) is 0 Å². The van der Waals surface area contributed by atoms with Crippen molar-refractivity contribution in [1.29, 1.82) is 0 Å². The van der Waals surface area contributed by atoms with E-state index in [9.17, 15) is 9.59 Å². The van der Waals surface area contributed by atoms with Crippen LogP contribution in [0.4, 0.5) is 4.79 Å². The summed E-state index contributed by atoms with van der Waals surface area (Å²) in [5.41, 5.74) is 3.84. The highest BCUT2D eigenvalue weighted by molar-refractivity contribution is 6.06. The quantitative estimate of drug-likeness (QED) is 0.686. The highest BCUT2D eigenvalue weighted by atomic mass is 16.2. The van der Waals surface area contributed by atoms with E-state index < -0.39 is 6.04 Å². The molecule has 0 saturated carbocycles. The van der Waals surface area contributed by atoms with Crippen molar-refractivity contribution in [2.75, 3.05) is 14.1 Å². The molecule has 0 radical (unpaired) electrons. The van der Waals surface area contributed by atoms with E-state index in [1.807, 2.05) is 62.6 Å². The van der Waals surface area contributed by atoms with Gasteiger partial charge in [0.2, 0.25) is 0 Å². The highest BCUT2D eigenvalue weighted by Crippen LogP contribution is 2.29. The molecule has 2 aromatic carbocycles. The van der Waals surface area contributed by atoms with Crippen molar-refractivity contribution in [3.8, 4) is 0 Å². The number of nitrogens with one attached hydrogen (secondary N) is 2. The van der Waals surface area contributed by atoms with Crippen molar-refractivity contribution >= 4 is 22.8 Å². The number of urea groups is 1. The highest BCUT2D eigenvalue weighted by Gasteiger charge is 2.39. The van der Waals surface area contributed by atoms with Gasteiger partial charge in [0.05, 0.1) is 6.54 Å². The van der Waals surface area contributed by atoms with Crippen LogP contribution in [-0.2, 0) is 17.9 Å². The van der Waals surface area contributed by atoms with Gasteiger partial charge >= 0.3 is 6.03 Å². The molecule has 1 unspecified atom stereocenters. The average Bonchev–Trinajstić information content (AvgIpc) is 3.18. The molecule has 27 heavy (non-hydrogen) atoms. The minimum absolute atomic E-state index is 0.220. The molecule has 0 bridgehead atoms. The van der Waals surface area contributed by atoms with Crippen molar-refractivity contribution in [2.24, 2.45) is 0 Å². The summed E-state index contributed by atoms with van der Waals surface area (Å²) in [6.45, 7) is 1.08. The number of carbonyl (C=O) groups is 2. The maximum atomic E-state index is 12.9. The van der Waals surface area contributed by atoms with Gasteiger partial charge < -0.3 is 15.2 Å². The van der Waals surface area contributed by atoms with Gasteiger partial charge in [-0.15, -0.1) is 0 Å². The smallest absolute Gasteiger partial charge is 0.325 e. The number of hydrogen-bond acceptors (Lipinski definition) is 3. The van der Waals surface area contributed by atoms with Crippen LogP contribution in [0.25, 0.3) is 10.9 Å². The third-order valence-electron chi connectivity index (χ3n) is 4.79. The van der Waals surface area contributed by atoms with Crippen molar-refractivity contribution < 1.29 is 9.59 Å². The lowest BCUT2D eigenvalue weighted by Crippen LogP contribution is -2.30. The Morgan fingerprint density at radius 1 is 1.04 bits per heavy atom. The first-order valence-corrected chi connectivity index (χ1v) is 8.93. The molecule has 0 aliphatic carbocycles. The third-order valence-corrected chi connectivity index (χ3v) is 4.79. The second-order valence-electron chi connectivity index (χ2n) is 7.15. The standard InChI is InChI=1S/C21H22N4O2/c1-24(2)12-14-6-5-7-15(10-14)13-25-20(26)19(23-21(25)27)17-11-22-18-9-4-3-8-16(17)18/h3-11,19,22H,12-13H2,1-2H3,(H,23,27). The van der Waals surface area contributed by atoms with Gasteiger partial charge in [-0.2, -0.15) is 0 Å². The van der Waals surface area contributed by atoms with E-state index in [0.717, 1.165) is 34.1 Å². The molecule has 6 heteroatoms. The van der Waals surface area contributed by atoms with Crippen LogP contribution in [0.3, 0.4) is 0 Å². The van der Waals surface area contributed by atoms with E-state index in [1.54, 1.807) is 6.20 Å². The lowest BCUT2D eigenvalue weighted by Gasteiger charge is -2.15. The van der Waals surface area contributed by atoms with Crippen LogP contribution in [0.2, 0.25) is 0 Å². The van der Waals surface area contributed by atoms with Gasteiger partial charge in [-0.3, -0.25) is 9.69 Å². The fourth-order valence-electron chi connectivity index (χ4n) is 3.59. The number of benzene rings is 2. The number of aromatic amines is 1. The minimum atomic E-state index is -0.654. The summed E-state index contributed by atoms with van der Waals surface area (Å²) in [6, 6.07) is 14.8. The molecule has 3 aromatic rings. The fraction of sp³-hybridized carbons (Fsp3) is 0.238. The summed E-state index contributed by atoms with van der Waals surface area (Å²) in [6.07, 6.45) is 1.80. The molecular formula is C21H22N4O2. The van der Waals surface area contributed by atoms with E-state index in [2.05, 4.69) is 15.2 Å². The number of rotatable bonds is 5. The molecule has 2 N–H and O–H groups in total. The van der Waals surface area contributed by atoms with E-state index in [1.165, 1.54) is 4.90 Å². The Bertz CT molecular complexity index is 1010. The molecule has 2 heterocycles. The van der Waals surface area contributed by atoms with Gasteiger partial charge in [0, 0.05) is 29.2 Å². The molecule has 1 atom stereocenters. The predicted molar refractivity (Wildman–Crippen MR) is 104 cm³/mol. The van der Waals surface area contributed by atoms with Crippen LogP contribution >= 0.6 is 0 Å². The molecule has 1 aliphatic heterocycles. The number of para-hydroxylation sites is 1. The van der Waals surface area contributed by atoms with Crippen molar-refractivity contribution in [3.63, 3.8) is 0 Å². The number of aromatic nitrogens is 1. The lowest BCUT2D eigenvalue weighted by atomic mass is 10.1. The number of imide groups is 1. The second kappa shape index (κ2) is 6.89. The van der Waals surface area contributed by atoms with Gasteiger partial charge in [0.25, 0.3) is 5.91 Å². The monoisotopic (exact) mass is 362 g/mol. The zero-order chi connectivity index (χ0) is 19.0. The Balaban J connectivity index is 1.57. The number of amides is 3. The van der Waals surface area contributed by atoms with Crippen LogP contribution in [0.5, 0.6) is 0 Å². The molecule has 1 fully saturated rings. The fourth-order valence-corrected chi connectivity index (χ4v) is 3.59. The molecule has 0 spiro atoms. The van der Waals surface area contributed by atoms with E-state index >= 15 is 0 Å². The maximum absolute atomic E-state index is 12.9. The second-order valence-corrected chi connectivity index (χ2v) is 7.15. The first kappa shape index (κ1) is 17.3. The van der Waals surface area contributed by atoms with Crippen LogP contribution in [-0.4, -0.2) is 40.8 Å². The Labute approximate surface area is 157 Å². The number of fused-ring (bicyclic) bond motifs is 1. The summed E-state index contributed by atoms with van der Waals surface area (Å²) in [4.78, 5) is 32.0. The zero-order valence-electron chi connectivity index (χ0n) is 15.4. The molecule has 1 aromatic heterocycles. The van der Waals surface area contributed by atoms with Crippen LogP contribution in [0, 0.1) is 0 Å². The van der Waals surface area contributed by atoms with E-state index in [4.69, 9.17) is 0 Å². The SMILES string of the molecule is CN(C)Cc1cccc(CN2C(=O)NC(c3c[nH]c4ccccc34)C2=O)c1. The Hall–Kier alpha value is -3.12. The third kappa shape index (κ3) is 3.31. The van der Waals surface area contributed by atoms with Crippen LogP contribution < -0.4 is 5.32 Å². The molecule has 6 nitrogen and oxygen atoms in total. The first-order valence-electron chi connectivity index (χ1n) is 8.93. The Morgan fingerprint density at radius 2 is 1.81 bits per heavy atom. The topological polar surface area (TPSA) is 68.4 Å². The normalized spacial score (nSPS) is 17.1. The summed E-state index contributed by atoms with van der Waals surface area (Å²) in [5.74, 6) is -0.220. The molecule has 4 rings (SSSR count). The van der Waals surface area contributed by atoms with Gasteiger partial charge in [0.1, 0.15) is 6.04 Å². The molecule has 138 valence electrons. The lowest BCUT2D eigenvalue weighted by molar-refractivity contribution is -0.127. The number of H-pyrrole nitrogens is 1. The predicted octanol–water partition coefficient (Wildman–Crippen LogP) is 3.02. The molecule has 1 aliphatic rings. The molecular weight excluding hydrogens is 340 g/mol. The van der Waals surface area contributed by atoms with Crippen molar-refractivity contribution in [1.82, 2.24) is 20.1 Å². The van der Waals surface area contributed by atoms with Gasteiger partial charge in [-0.25, -0.2) is 4.79 Å². The summed E-state index contributed by atoms with van der Waals surface area (Å²) >= 11 is 0. The number of carbonyl (C=O) groups excluding carboxylic acids is 2. The Kier molecular flexibility index (Phi) is 4.41. The van der Waals surface area contributed by atoms with E-state index in [-0.39, 0.29) is 18.5 Å². The number of hydrogen-bond donors (Lipinski definition) is 2. The first-order chi connectivity index (χ1) is 13.0. The minimum Gasteiger partial charge on any atom is -0.361 e. The summed E-state index contributed by atoms with van der Waals surface area (Å²) < 4.78 is 0. The zero-order valence-corrected chi connectivity index (χ0v) is 15.4. The average molecular weight is 362 g/mol. The van der Waals surface area contributed by atoms with Gasteiger partial charge in [-0.05, 0) is 31.3 Å². The van der Waals surface area contributed by atoms with E-state index in [0.29, 0.717) is 0 Å². The Morgan fingerprint density at radius 3 is 2.63 bits per heavy atom. The van der Waals surface area contributed by atoms with Crippen LogP contribution in [0.15, 0.2) is 54.7 Å². The van der Waals surface area contributed by atoms with Gasteiger partial charge in [-0.1, -0.05) is 42.5 Å². The molecule has 3 amide bonds. The number of nitrogens with zero attached hydrogens (tertiary/aromatic N) is 2. The maximum Gasteiger partial charge on any atom is 0.325 e. The summed E-state index contributed by atoms with van der Waals surface area (Å²) in [7, 11) is 4.02. The van der Waals surface area contributed by atoms with Crippen molar-refractivity contribution in [2.45, 2.75) is 19.1 Å².